The van der Waals surface area contributed by atoms with Crippen LogP contribution in [0, 0.1) is 6.92 Å². The number of amides is 2. The Morgan fingerprint density at radius 2 is 1.88 bits per heavy atom. The summed E-state index contributed by atoms with van der Waals surface area (Å²) in [5, 5.41) is 6.81. The first kappa shape index (κ1) is 22.9. The van der Waals surface area contributed by atoms with Gasteiger partial charge in [-0.05, 0) is 40.0 Å². The molecule has 3 heterocycles. The summed E-state index contributed by atoms with van der Waals surface area (Å²) in [6.07, 6.45) is -3.29. The number of nitrogens with two attached hydrogens (primary N) is 1. The average Bonchev–Trinajstić information content (AvgIpc) is 3.27. The molecule has 0 saturated carbocycles. The highest BCUT2D eigenvalue weighted by Crippen LogP contribution is 2.43. The Hall–Kier alpha value is -3.25. The van der Waals surface area contributed by atoms with Crippen molar-refractivity contribution in [2.24, 2.45) is 12.8 Å². The van der Waals surface area contributed by atoms with Crippen molar-refractivity contribution in [1.82, 2.24) is 14.8 Å². The monoisotopic (exact) mass is 537 g/mol. The number of aromatic nitrogens is 3. The van der Waals surface area contributed by atoms with Gasteiger partial charge in [-0.1, -0.05) is 29.8 Å². The van der Waals surface area contributed by atoms with E-state index in [9.17, 15) is 22.8 Å². The van der Waals surface area contributed by atoms with Crippen molar-refractivity contribution >= 4 is 55.0 Å². The zero-order chi connectivity index (χ0) is 24.1. The Bertz CT molecular complexity index is 1390. The van der Waals surface area contributed by atoms with Gasteiger partial charge in [0.15, 0.2) is 0 Å². The highest BCUT2D eigenvalue weighted by molar-refractivity contribution is 9.10. The third-order valence-corrected chi connectivity index (χ3v) is 6.57. The van der Waals surface area contributed by atoms with Crippen LogP contribution in [0.4, 0.5) is 18.9 Å². The summed E-state index contributed by atoms with van der Waals surface area (Å²) in [5.74, 6) is -1.53. The molecule has 1 aromatic carbocycles. The average molecular weight is 538 g/mol. The number of aryl methyl sites for hydroxylation is 2. The first-order valence-electron chi connectivity index (χ1n) is 9.37. The molecule has 33 heavy (non-hydrogen) atoms. The van der Waals surface area contributed by atoms with Gasteiger partial charge in [0.25, 0.3) is 11.8 Å². The fourth-order valence-electron chi connectivity index (χ4n) is 3.34. The largest absolute Gasteiger partial charge is 0.433 e. The van der Waals surface area contributed by atoms with Crippen LogP contribution < -0.4 is 11.1 Å². The lowest BCUT2D eigenvalue weighted by Gasteiger charge is -2.13. The molecule has 0 aliphatic heterocycles. The van der Waals surface area contributed by atoms with E-state index in [1.807, 2.05) is 6.92 Å². The second-order valence-corrected chi connectivity index (χ2v) is 9.04. The lowest BCUT2D eigenvalue weighted by atomic mass is 10.00. The molecule has 3 N–H and O–H groups in total. The quantitative estimate of drug-likeness (QED) is 0.376. The van der Waals surface area contributed by atoms with Gasteiger partial charge in [0.2, 0.25) is 0 Å². The predicted molar refractivity (Wildman–Crippen MR) is 122 cm³/mol. The van der Waals surface area contributed by atoms with Crippen LogP contribution in [0.25, 0.3) is 21.3 Å². The van der Waals surface area contributed by atoms with Gasteiger partial charge in [-0.2, -0.15) is 18.3 Å². The van der Waals surface area contributed by atoms with Gasteiger partial charge >= 0.3 is 6.18 Å². The number of thiophene rings is 1. The number of anilines is 1. The maximum absolute atomic E-state index is 13.6. The zero-order valence-electron chi connectivity index (χ0n) is 17.1. The summed E-state index contributed by atoms with van der Waals surface area (Å²) >= 11 is 3.93. The molecule has 0 fully saturated rings. The van der Waals surface area contributed by atoms with Crippen LogP contribution in [0.15, 0.2) is 41.0 Å². The van der Waals surface area contributed by atoms with Gasteiger partial charge in [0.05, 0.1) is 16.4 Å². The number of primary amides is 1. The van der Waals surface area contributed by atoms with Gasteiger partial charge in [-0.25, -0.2) is 4.98 Å². The number of carbonyl (C=O) groups excluding carboxylic acids is 2. The van der Waals surface area contributed by atoms with Crippen LogP contribution in [0.5, 0.6) is 0 Å². The maximum Gasteiger partial charge on any atom is 0.433 e. The van der Waals surface area contributed by atoms with Crippen LogP contribution >= 0.6 is 27.3 Å². The van der Waals surface area contributed by atoms with E-state index in [-0.39, 0.29) is 32.0 Å². The third-order valence-electron chi connectivity index (χ3n) is 4.89. The van der Waals surface area contributed by atoms with Crippen LogP contribution in [0.1, 0.15) is 31.4 Å². The first-order chi connectivity index (χ1) is 15.5. The van der Waals surface area contributed by atoms with E-state index >= 15 is 0 Å². The normalized spacial score (nSPS) is 11.7. The van der Waals surface area contributed by atoms with E-state index in [2.05, 4.69) is 31.3 Å². The van der Waals surface area contributed by atoms with Crippen molar-refractivity contribution in [3.05, 3.63) is 62.8 Å². The summed E-state index contributed by atoms with van der Waals surface area (Å²) < 4.78 is 42.5. The summed E-state index contributed by atoms with van der Waals surface area (Å²) in [6.45, 7) is 1.85. The summed E-state index contributed by atoms with van der Waals surface area (Å²) in [4.78, 5) is 28.7. The number of nitrogens with zero attached hydrogens (tertiary/aromatic N) is 3. The van der Waals surface area contributed by atoms with Crippen LogP contribution in [0.2, 0.25) is 0 Å². The Morgan fingerprint density at radius 3 is 2.42 bits per heavy atom. The van der Waals surface area contributed by atoms with E-state index in [0.29, 0.717) is 21.4 Å². The Balaban J connectivity index is 2.01. The molecule has 12 heteroatoms. The number of fused-ring (bicyclic) bond motifs is 1. The number of halogens is 4. The van der Waals surface area contributed by atoms with Gasteiger partial charge in [0, 0.05) is 12.4 Å². The zero-order valence-corrected chi connectivity index (χ0v) is 19.5. The number of benzene rings is 1. The molecular formula is C21H15BrF3N5O2S. The van der Waals surface area contributed by atoms with Gasteiger partial charge in [-0.3, -0.25) is 14.3 Å². The SMILES string of the molecule is Cc1ccc(-c2cc(C(F)(F)F)nc3sc(C(N)=O)c(NC(=O)c4c(Br)cnn4C)c23)cc1. The molecular weight excluding hydrogens is 523 g/mol. The minimum absolute atomic E-state index is 0.00241. The van der Waals surface area contributed by atoms with Gasteiger partial charge in [-0.15, -0.1) is 11.3 Å². The predicted octanol–water partition coefficient (Wildman–Crippen LogP) is 5.14. The van der Waals surface area contributed by atoms with E-state index in [4.69, 9.17) is 5.73 Å². The molecule has 4 rings (SSSR count). The smallest absolute Gasteiger partial charge is 0.365 e. The van der Waals surface area contributed by atoms with Crippen molar-refractivity contribution in [3.8, 4) is 11.1 Å². The van der Waals surface area contributed by atoms with Crippen molar-refractivity contribution in [3.63, 3.8) is 0 Å². The Kier molecular flexibility index (Phi) is 5.74. The van der Waals surface area contributed by atoms with Crippen LogP contribution in [0.3, 0.4) is 0 Å². The number of nitrogens with one attached hydrogen (secondary N) is 1. The Morgan fingerprint density at radius 1 is 1.21 bits per heavy atom. The molecule has 2 amide bonds. The van der Waals surface area contributed by atoms with Crippen molar-refractivity contribution in [1.29, 1.82) is 0 Å². The van der Waals surface area contributed by atoms with Crippen molar-refractivity contribution in [2.75, 3.05) is 5.32 Å². The fraction of sp³-hybridized carbons (Fsp3) is 0.143. The van der Waals surface area contributed by atoms with E-state index in [1.54, 1.807) is 31.3 Å². The summed E-state index contributed by atoms with van der Waals surface area (Å²) in [7, 11) is 1.55. The Labute approximate surface area is 197 Å². The molecule has 0 saturated heterocycles. The van der Waals surface area contributed by atoms with Crippen molar-refractivity contribution < 1.29 is 22.8 Å². The minimum atomic E-state index is -4.71. The molecule has 4 aromatic rings. The van der Waals surface area contributed by atoms with E-state index < -0.39 is 23.7 Å². The molecule has 0 aliphatic rings. The molecule has 170 valence electrons. The fourth-order valence-corrected chi connectivity index (χ4v) is 4.87. The lowest BCUT2D eigenvalue weighted by Crippen LogP contribution is -2.19. The van der Waals surface area contributed by atoms with E-state index in [1.165, 1.54) is 10.9 Å². The van der Waals surface area contributed by atoms with Crippen molar-refractivity contribution in [2.45, 2.75) is 13.1 Å². The topological polar surface area (TPSA) is 103 Å². The highest BCUT2D eigenvalue weighted by Gasteiger charge is 2.35. The first-order valence-corrected chi connectivity index (χ1v) is 11.0. The molecule has 0 bridgehead atoms. The number of rotatable bonds is 4. The standard InChI is InChI=1S/C21H15BrF3N5O2S/c1-9-3-5-10(6-4-9)11-7-13(21(23,24)25)28-20-14(11)15(17(33-20)18(26)31)29-19(32)16-12(22)8-27-30(16)2/h3-8H,1-2H3,(H2,26,31)(H,29,32). The summed E-state index contributed by atoms with van der Waals surface area (Å²) in [6, 6.07) is 7.73. The number of alkyl halides is 3. The second-order valence-electron chi connectivity index (χ2n) is 7.19. The lowest BCUT2D eigenvalue weighted by molar-refractivity contribution is -0.140. The number of hydrogen-bond acceptors (Lipinski definition) is 5. The van der Waals surface area contributed by atoms with Crippen LogP contribution in [-0.4, -0.2) is 26.6 Å². The van der Waals surface area contributed by atoms with E-state index in [0.717, 1.165) is 11.6 Å². The molecule has 0 unspecified atom stereocenters. The third kappa shape index (κ3) is 4.23. The summed E-state index contributed by atoms with van der Waals surface area (Å²) in [5.41, 5.74) is 6.08. The number of carbonyl (C=O) groups is 2. The van der Waals surface area contributed by atoms with Gasteiger partial charge < -0.3 is 11.1 Å². The molecule has 0 atom stereocenters. The number of hydrogen-bond donors (Lipinski definition) is 2. The molecule has 0 spiro atoms. The molecule has 3 aromatic heterocycles. The maximum atomic E-state index is 13.6. The molecule has 7 nitrogen and oxygen atoms in total. The van der Waals surface area contributed by atoms with Gasteiger partial charge in [0.1, 0.15) is 21.1 Å². The highest BCUT2D eigenvalue weighted by atomic mass is 79.9. The minimum Gasteiger partial charge on any atom is -0.365 e. The second kappa shape index (κ2) is 8.27. The number of pyridine rings is 1. The molecule has 0 aliphatic carbocycles. The van der Waals surface area contributed by atoms with Crippen LogP contribution in [-0.2, 0) is 13.2 Å². The molecule has 0 radical (unpaired) electrons.